The molecule has 0 amide bonds. The van der Waals surface area contributed by atoms with Gasteiger partial charge in [0.05, 0.1) is 11.3 Å². The van der Waals surface area contributed by atoms with Crippen LogP contribution in [0.25, 0.3) is 0 Å². The van der Waals surface area contributed by atoms with Crippen molar-refractivity contribution in [1.82, 2.24) is 9.47 Å². The fraction of sp³-hybridized carbons (Fsp3) is 0.421. The van der Waals surface area contributed by atoms with E-state index in [0.717, 1.165) is 37.2 Å². The maximum absolute atomic E-state index is 11.6. The Morgan fingerprint density at radius 2 is 2.13 bits per heavy atom. The van der Waals surface area contributed by atoms with Crippen molar-refractivity contribution < 1.29 is 5.11 Å². The molecule has 23 heavy (non-hydrogen) atoms. The monoisotopic (exact) mass is 309 g/mol. The van der Waals surface area contributed by atoms with Crippen molar-refractivity contribution in [3.05, 3.63) is 58.9 Å². The summed E-state index contributed by atoms with van der Waals surface area (Å²) in [5.74, 6) is 0. The topological polar surface area (TPSA) is 52.2 Å². The predicted molar refractivity (Wildman–Crippen MR) is 90.1 cm³/mol. The second-order valence-electron chi connectivity index (χ2n) is 6.59. The molecule has 1 aliphatic heterocycles. The van der Waals surface area contributed by atoms with Gasteiger partial charge >= 0.3 is 0 Å². The number of benzene rings is 1. The molecule has 1 unspecified atom stereocenters. The Morgan fingerprint density at radius 3 is 2.87 bits per heavy atom. The summed E-state index contributed by atoms with van der Waals surface area (Å²) in [6, 6.07) is 12.2. The number of hydrogen-bond acceptors (Lipinski definition) is 3. The summed E-state index contributed by atoms with van der Waals surface area (Å²) < 4.78 is 2.05. The molecule has 120 valence electrons. The highest BCUT2D eigenvalue weighted by molar-refractivity contribution is 5.44. The zero-order chi connectivity index (χ0) is 16.4. The van der Waals surface area contributed by atoms with E-state index in [1.54, 1.807) is 0 Å². The van der Waals surface area contributed by atoms with E-state index in [0.29, 0.717) is 12.0 Å². The Labute approximate surface area is 137 Å². The largest absolute Gasteiger partial charge is 0.379 e. The molecule has 1 aromatic carbocycles. The van der Waals surface area contributed by atoms with E-state index >= 15 is 0 Å². The third-order valence-corrected chi connectivity index (χ3v) is 4.68. The molecule has 2 heterocycles. The number of nitriles is 1. The summed E-state index contributed by atoms with van der Waals surface area (Å²) in [6.45, 7) is 1.72. The summed E-state index contributed by atoms with van der Waals surface area (Å²) in [6.07, 6.45) is 4.28. The van der Waals surface area contributed by atoms with Crippen LogP contribution in [0.5, 0.6) is 0 Å². The summed E-state index contributed by atoms with van der Waals surface area (Å²) in [4.78, 5) is 2.13. The van der Waals surface area contributed by atoms with Crippen molar-refractivity contribution in [3.63, 3.8) is 0 Å². The van der Waals surface area contributed by atoms with Gasteiger partial charge in [-0.2, -0.15) is 5.26 Å². The van der Waals surface area contributed by atoms with Crippen LogP contribution in [0.1, 0.15) is 35.2 Å². The molecule has 0 spiro atoms. The van der Waals surface area contributed by atoms with Gasteiger partial charge in [0.1, 0.15) is 11.7 Å². The first-order valence-electron chi connectivity index (χ1n) is 8.11. The molecule has 4 heteroatoms. The van der Waals surface area contributed by atoms with Gasteiger partial charge in [-0.15, -0.1) is 0 Å². The van der Waals surface area contributed by atoms with Crippen LogP contribution >= 0.6 is 0 Å². The highest BCUT2D eigenvalue weighted by atomic mass is 16.3. The van der Waals surface area contributed by atoms with Gasteiger partial charge in [-0.05, 0) is 57.1 Å². The molecule has 0 aliphatic carbocycles. The van der Waals surface area contributed by atoms with Gasteiger partial charge in [0.25, 0.3) is 0 Å². The Morgan fingerprint density at radius 1 is 1.35 bits per heavy atom. The fourth-order valence-electron chi connectivity index (χ4n) is 3.54. The molecule has 4 nitrogen and oxygen atoms in total. The van der Waals surface area contributed by atoms with Gasteiger partial charge in [-0.3, -0.25) is 0 Å². The van der Waals surface area contributed by atoms with E-state index in [1.807, 2.05) is 49.1 Å². The van der Waals surface area contributed by atoms with E-state index in [-0.39, 0.29) is 0 Å². The zero-order valence-electron chi connectivity index (χ0n) is 13.8. The van der Waals surface area contributed by atoms with Crippen LogP contribution in [0.15, 0.2) is 36.5 Å². The molecule has 3 rings (SSSR count). The lowest BCUT2D eigenvalue weighted by Crippen LogP contribution is -2.31. The minimum absolute atomic E-state index is 0.616. The number of aryl methyl sites for hydroxylation is 2. The van der Waals surface area contributed by atoms with Crippen molar-refractivity contribution in [2.24, 2.45) is 0 Å². The first-order valence-corrected chi connectivity index (χ1v) is 8.11. The Kier molecular flexibility index (Phi) is 4.25. The lowest BCUT2D eigenvalue weighted by molar-refractivity contribution is 0.0597. The minimum atomic E-state index is -1.03. The standard InChI is InChI=1S/C19H23N3O/c1-21(2)10-5-9-19(23)17-7-4-3-6-16(17)8-11-22-14-15(13-20)12-18(19)22/h3-4,6-7,12,14,23H,5,8-11H2,1-2H3. The summed E-state index contributed by atoms with van der Waals surface area (Å²) in [5.41, 5.74) is 2.61. The molecule has 0 bridgehead atoms. The van der Waals surface area contributed by atoms with Crippen LogP contribution in [-0.4, -0.2) is 35.2 Å². The molecule has 0 saturated heterocycles. The zero-order valence-corrected chi connectivity index (χ0v) is 13.8. The number of aromatic nitrogens is 1. The highest BCUT2D eigenvalue weighted by Gasteiger charge is 2.37. The Bertz CT molecular complexity index is 741. The predicted octanol–water partition coefficient (Wildman–Crippen LogP) is 2.49. The van der Waals surface area contributed by atoms with Gasteiger partial charge in [-0.25, -0.2) is 0 Å². The van der Waals surface area contributed by atoms with Gasteiger partial charge < -0.3 is 14.6 Å². The number of hydrogen-bond donors (Lipinski definition) is 1. The van der Waals surface area contributed by atoms with Crippen LogP contribution in [0.2, 0.25) is 0 Å². The quantitative estimate of drug-likeness (QED) is 0.944. The summed E-state index contributed by atoms with van der Waals surface area (Å²) >= 11 is 0. The number of aliphatic hydroxyl groups is 1. The molecule has 1 N–H and O–H groups in total. The Hall–Kier alpha value is -2.09. The van der Waals surface area contributed by atoms with Crippen LogP contribution in [0.3, 0.4) is 0 Å². The molecule has 0 fully saturated rings. The SMILES string of the molecule is CN(C)CCCC1(O)c2ccccc2CCn2cc(C#N)cc21. The van der Waals surface area contributed by atoms with Crippen LogP contribution in [0.4, 0.5) is 0 Å². The van der Waals surface area contributed by atoms with Gasteiger partial charge in [0, 0.05) is 12.7 Å². The second kappa shape index (κ2) is 6.19. The van der Waals surface area contributed by atoms with Gasteiger partial charge in [0.15, 0.2) is 0 Å². The summed E-state index contributed by atoms with van der Waals surface area (Å²) in [5, 5.41) is 20.8. The molecule has 1 atom stereocenters. The normalized spacial score (nSPS) is 19.8. The van der Waals surface area contributed by atoms with E-state index < -0.39 is 5.60 Å². The second-order valence-corrected chi connectivity index (χ2v) is 6.59. The highest BCUT2D eigenvalue weighted by Crippen LogP contribution is 2.39. The molecule has 1 aromatic heterocycles. The maximum Gasteiger partial charge on any atom is 0.130 e. The fourth-order valence-corrected chi connectivity index (χ4v) is 3.54. The lowest BCUT2D eigenvalue weighted by Gasteiger charge is -2.30. The van der Waals surface area contributed by atoms with Crippen molar-refractivity contribution in [2.45, 2.75) is 31.4 Å². The van der Waals surface area contributed by atoms with Crippen LogP contribution < -0.4 is 0 Å². The van der Waals surface area contributed by atoms with Crippen LogP contribution in [0, 0.1) is 11.3 Å². The molecule has 1 aliphatic rings. The van der Waals surface area contributed by atoms with Gasteiger partial charge in [-0.1, -0.05) is 24.3 Å². The number of nitrogens with zero attached hydrogens (tertiary/aromatic N) is 3. The lowest BCUT2D eigenvalue weighted by atomic mass is 9.83. The minimum Gasteiger partial charge on any atom is -0.379 e. The van der Waals surface area contributed by atoms with Crippen molar-refractivity contribution in [2.75, 3.05) is 20.6 Å². The average molecular weight is 309 g/mol. The van der Waals surface area contributed by atoms with Crippen molar-refractivity contribution in [1.29, 1.82) is 5.26 Å². The molecule has 0 saturated carbocycles. The van der Waals surface area contributed by atoms with Crippen molar-refractivity contribution >= 4 is 0 Å². The number of fused-ring (bicyclic) bond motifs is 2. The first-order chi connectivity index (χ1) is 11.0. The molecule has 0 radical (unpaired) electrons. The molecular weight excluding hydrogens is 286 g/mol. The van der Waals surface area contributed by atoms with E-state index in [4.69, 9.17) is 0 Å². The van der Waals surface area contributed by atoms with Gasteiger partial charge in [0.2, 0.25) is 0 Å². The third kappa shape index (κ3) is 2.90. The molecular formula is C19H23N3O. The molecule has 2 aromatic rings. The smallest absolute Gasteiger partial charge is 0.130 e. The van der Waals surface area contributed by atoms with E-state index in [9.17, 15) is 10.4 Å². The third-order valence-electron chi connectivity index (χ3n) is 4.68. The first kappa shape index (κ1) is 15.8. The number of rotatable bonds is 4. The maximum atomic E-state index is 11.6. The average Bonchev–Trinajstić information content (AvgIpc) is 2.92. The van der Waals surface area contributed by atoms with Crippen molar-refractivity contribution in [3.8, 4) is 6.07 Å². The van der Waals surface area contributed by atoms with E-state index in [2.05, 4.69) is 17.0 Å². The summed E-state index contributed by atoms with van der Waals surface area (Å²) in [7, 11) is 4.09. The Balaban J connectivity index is 2.07. The van der Waals surface area contributed by atoms with Crippen LogP contribution in [-0.2, 0) is 18.6 Å². The van der Waals surface area contributed by atoms with E-state index in [1.165, 1.54) is 5.56 Å².